The molecule has 17 heavy (non-hydrogen) atoms. The maximum Gasteiger partial charge on any atom is 0.270 e. The van der Waals surface area contributed by atoms with E-state index in [0.717, 1.165) is 21.1 Å². The van der Waals surface area contributed by atoms with Crippen LogP contribution in [0, 0.1) is 10.1 Å². The highest BCUT2D eigenvalue weighted by molar-refractivity contribution is 9.10. The summed E-state index contributed by atoms with van der Waals surface area (Å²) in [6.07, 6.45) is 0. The van der Waals surface area contributed by atoms with Crippen LogP contribution in [0.1, 0.15) is 25.3 Å². The first kappa shape index (κ1) is 12.0. The summed E-state index contributed by atoms with van der Waals surface area (Å²) in [6, 6.07) is 6.66. The summed E-state index contributed by atoms with van der Waals surface area (Å²) in [6.45, 7) is 4.11. The summed E-state index contributed by atoms with van der Waals surface area (Å²) < 4.78 is 0.752. The topological polar surface area (TPSA) is 56.0 Å². The van der Waals surface area contributed by atoms with Gasteiger partial charge >= 0.3 is 0 Å². The summed E-state index contributed by atoms with van der Waals surface area (Å²) in [4.78, 5) is 14.7. The summed E-state index contributed by atoms with van der Waals surface area (Å²) in [7, 11) is 0. The van der Waals surface area contributed by atoms with Gasteiger partial charge in [-0.2, -0.15) is 0 Å². The lowest BCUT2D eigenvalue weighted by molar-refractivity contribution is -0.384. The second-order valence-electron chi connectivity index (χ2n) is 4.15. The van der Waals surface area contributed by atoms with Crippen LogP contribution >= 0.6 is 15.9 Å². The Kier molecular flexibility index (Phi) is 3.11. The Morgan fingerprint density at radius 2 is 2.06 bits per heavy atom. The van der Waals surface area contributed by atoms with Gasteiger partial charge in [0, 0.05) is 17.5 Å². The van der Waals surface area contributed by atoms with Crippen molar-refractivity contribution in [3.63, 3.8) is 0 Å². The zero-order valence-corrected chi connectivity index (χ0v) is 11.1. The fourth-order valence-electron chi connectivity index (χ4n) is 1.80. The molecule has 2 aromatic rings. The van der Waals surface area contributed by atoms with Crippen LogP contribution in [0.3, 0.4) is 0 Å². The number of aromatic nitrogens is 1. The number of hydrogen-bond donors (Lipinski definition) is 0. The molecule has 0 aliphatic heterocycles. The van der Waals surface area contributed by atoms with Crippen LogP contribution in [0.5, 0.6) is 0 Å². The number of nitro groups is 1. The van der Waals surface area contributed by atoms with Crippen LogP contribution in [0.4, 0.5) is 5.69 Å². The van der Waals surface area contributed by atoms with Gasteiger partial charge in [0.1, 0.15) is 4.60 Å². The third-order valence-electron chi connectivity index (χ3n) is 2.63. The average Bonchev–Trinajstić information content (AvgIpc) is 2.26. The van der Waals surface area contributed by atoms with Gasteiger partial charge in [0.05, 0.1) is 10.4 Å². The molecule has 0 aliphatic carbocycles. The maximum absolute atomic E-state index is 10.8. The van der Waals surface area contributed by atoms with E-state index >= 15 is 0 Å². The summed E-state index contributed by atoms with van der Waals surface area (Å²) in [5, 5.41) is 11.6. The Hall–Kier alpha value is -1.49. The van der Waals surface area contributed by atoms with Gasteiger partial charge in [0.25, 0.3) is 5.69 Å². The number of non-ortho nitro benzene ring substituents is 1. The van der Waals surface area contributed by atoms with Crippen molar-refractivity contribution in [3.8, 4) is 0 Å². The second-order valence-corrected chi connectivity index (χ2v) is 4.96. The predicted octanol–water partition coefficient (Wildman–Crippen LogP) is 4.03. The molecule has 0 spiro atoms. The van der Waals surface area contributed by atoms with E-state index in [4.69, 9.17) is 0 Å². The summed E-state index contributed by atoms with van der Waals surface area (Å²) in [5.41, 5.74) is 1.93. The van der Waals surface area contributed by atoms with Crippen molar-refractivity contribution in [2.75, 3.05) is 0 Å². The van der Waals surface area contributed by atoms with Gasteiger partial charge in [0.2, 0.25) is 0 Å². The molecule has 0 saturated carbocycles. The fraction of sp³-hybridized carbons (Fsp3) is 0.250. The molecule has 0 fully saturated rings. The van der Waals surface area contributed by atoms with Crippen molar-refractivity contribution in [1.29, 1.82) is 0 Å². The largest absolute Gasteiger partial charge is 0.270 e. The number of fused-ring (bicyclic) bond motifs is 1. The van der Waals surface area contributed by atoms with Crippen molar-refractivity contribution >= 4 is 32.5 Å². The molecule has 2 rings (SSSR count). The Balaban J connectivity index is 2.78. The van der Waals surface area contributed by atoms with Gasteiger partial charge in [-0.15, -0.1) is 0 Å². The summed E-state index contributed by atoms with van der Waals surface area (Å²) in [5.74, 6) is 0.291. The molecular weight excluding hydrogens is 284 g/mol. The summed E-state index contributed by atoms with van der Waals surface area (Å²) >= 11 is 3.35. The van der Waals surface area contributed by atoms with E-state index in [0.29, 0.717) is 5.92 Å². The number of benzene rings is 1. The highest BCUT2D eigenvalue weighted by Crippen LogP contribution is 2.29. The Bertz CT molecular complexity index is 596. The molecule has 0 atom stereocenters. The number of halogens is 1. The average molecular weight is 295 g/mol. The number of nitro benzene ring substituents is 1. The highest BCUT2D eigenvalue weighted by Gasteiger charge is 2.12. The standard InChI is InChI=1S/C12H11BrN2O2/c1-7(2)9-6-12(13)14-11-4-3-8(15(16)17)5-10(9)11/h3-7H,1-2H3. The SMILES string of the molecule is CC(C)c1cc(Br)nc2ccc([N+](=O)[O-])cc12. The molecule has 0 unspecified atom stereocenters. The molecule has 0 bridgehead atoms. The third-order valence-corrected chi connectivity index (χ3v) is 3.03. The lowest BCUT2D eigenvalue weighted by atomic mass is 9.99. The molecule has 0 saturated heterocycles. The lowest BCUT2D eigenvalue weighted by Crippen LogP contribution is -1.94. The molecular formula is C12H11BrN2O2. The molecule has 0 N–H and O–H groups in total. The van der Waals surface area contributed by atoms with Crippen molar-refractivity contribution in [1.82, 2.24) is 4.98 Å². The minimum atomic E-state index is -0.383. The number of hydrogen-bond acceptors (Lipinski definition) is 3. The lowest BCUT2D eigenvalue weighted by Gasteiger charge is -2.10. The molecule has 0 aliphatic rings. The minimum absolute atomic E-state index is 0.100. The second kappa shape index (κ2) is 4.41. The van der Waals surface area contributed by atoms with E-state index in [1.165, 1.54) is 6.07 Å². The Morgan fingerprint density at radius 1 is 1.35 bits per heavy atom. The molecule has 1 aromatic carbocycles. The van der Waals surface area contributed by atoms with Crippen molar-refractivity contribution in [2.45, 2.75) is 19.8 Å². The maximum atomic E-state index is 10.8. The fourth-order valence-corrected chi connectivity index (χ4v) is 2.24. The molecule has 0 amide bonds. The third kappa shape index (κ3) is 2.29. The normalized spacial score (nSPS) is 11.1. The monoisotopic (exact) mass is 294 g/mol. The van der Waals surface area contributed by atoms with Gasteiger partial charge in [-0.3, -0.25) is 10.1 Å². The zero-order valence-electron chi connectivity index (χ0n) is 9.48. The van der Waals surface area contributed by atoms with Crippen LogP contribution < -0.4 is 0 Å². The van der Waals surface area contributed by atoms with E-state index in [2.05, 4.69) is 34.8 Å². The van der Waals surface area contributed by atoms with E-state index in [-0.39, 0.29) is 10.6 Å². The van der Waals surface area contributed by atoms with Crippen LogP contribution in [-0.4, -0.2) is 9.91 Å². The first-order chi connectivity index (χ1) is 7.99. The Labute approximate surface area is 107 Å². The van der Waals surface area contributed by atoms with Gasteiger partial charge in [-0.1, -0.05) is 13.8 Å². The molecule has 1 heterocycles. The van der Waals surface area contributed by atoms with Gasteiger partial charge in [-0.25, -0.2) is 4.98 Å². The predicted molar refractivity (Wildman–Crippen MR) is 70.2 cm³/mol. The number of rotatable bonds is 2. The molecule has 1 aromatic heterocycles. The molecule has 0 radical (unpaired) electrons. The van der Waals surface area contributed by atoms with Crippen LogP contribution in [0.15, 0.2) is 28.9 Å². The van der Waals surface area contributed by atoms with Gasteiger partial charge in [-0.05, 0) is 39.5 Å². The smallest absolute Gasteiger partial charge is 0.258 e. The zero-order chi connectivity index (χ0) is 12.6. The minimum Gasteiger partial charge on any atom is -0.258 e. The molecule has 5 heteroatoms. The van der Waals surface area contributed by atoms with Crippen molar-refractivity contribution in [2.24, 2.45) is 0 Å². The van der Waals surface area contributed by atoms with E-state index < -0.39 is 0 Å². The van der Waals surface area contributed by atoms with Crippen molar-refractivity contribution in [3.05, 3.63) is 44.5 Å². The number of pyridine rings is 1. The van der Waals surface area contributed by atoms with E-state index in [9.17, 15) is 10.1 Å². The molecule has 4 nitrogen and oxygen atoms in total. The van der Waals surface area contributed by atoms with Gasteiger partial charge < -0.3 is 0 Å². The first-order valence-electron chi connectivity index (χ1n) is 5.23. The number of nitrogens with zero attached hydrogens (tertiary/aromatic N) is 2. The molecule has 88 valence electrons. The van der Waals surface area contributed by atoms with E-state index in [1.807, 2.05) is 6.07 Å². The first-order valence-corrected chi connectivity index (χ1v) is 6.03. The van der Waals surface area contributed by atoms with Crippen LogP contribution in [0.25, 0.3) is 10.9 Å². The van der Waals surface area contributed by atoms with Crippen LogP contribution in [-0.2, 0) is 0 Å². The van der Waals surface area contributed by atoms with Crippen LogP contribution in [0.2, 0.25) is 0 Å². The highest BCUT2D eigenvalue weighted by atomic mass is 79.9. The van der Waals surface area contributed by atoms with Gasteiger partial charge in [0.15, 0.2) is 0 Å². The van der Waals surface area contributed by atoms with Crippen molar-refractivity contribution < 1.29 is 4.92 Å². The quantitative estimate of drug-likeness (QED) is 0.477. The Morgan fingerprint density at radius 3 is 2.65 bits per heavy atom. The van der Waals surface area contributed by atoms with E-state index in [1.54, 1.807) is 12.1 Å².